The Balaban J connectivity index is 2.11. The molecule has 2 heterocycles. The first kappa shape index (κ1) is 7.61. The van der Waals surface area contributed by atoms with Crippen LogP contribution in [0.3, 0.4) is 0 Å². The zero-order chi connectivity index (χ0) is 8.55. The predicted octanol–water partition coefficient (Wildman–Crippen LogP) is 0.342. The summed E-state index contributed by atoms with van der Waals surface area (Å²) in [7, 11) is 2.13. The highest BCUT2D eigenvalue weighted by molar-refractivity contribution is 5.24. The van der Waals surface area contributed by atoms with E-state index in [9.17, 15) is 0 Å². The van der Waals surface area contributed by atoms with Crippen molar-refractivity contribution >= 4 is 5.82 Å². The summed E-state index contributed by atoms with van der Waals surface area (Å²) in [6, 6.07) is 2.37. The summed E-state index contributed by atoms with van der Waals surface area (Å²) < 4.78 is 1.97. The number of rotatable bonds is 1. The van der Waals surface area contributed by atoms with E-state index in [1.807, 2.05) is 16.9 Å². The van der Waals surface area contributed by atoms with Gasteiger partial charge in [0, 0.05) is 12.7 Å². The summed E-state index contributed by atoms with van der Waals surface area (Å²) in [6.07, 6.45) is 3.14. The van der Waals surface area contributed by atoms with Crippen molar-refractivity contribution < 1.29 is 0 Å². The maximum Gasteiger partial charge on any atom is 0.145 e. The lowest BCUT2D eigenvalue weighted by atomic mass is 10.3. The SMILES string of the molecule is CN1CCC(n2ccc(N)n2)C1. The van der Waals surface area contributed by atoms with Gasteiger partial charge in [0.15, 0.2) is 0 Å². The number of anilines is 1. The molecule has 0 radical (unpaired) electrons. The molecule has 0 amide bonds. The third kappa shape index (κ3) is 1.30. The van der Waals surface area contributed by atoms with Crippen molar-refractivity contribution in [3.05, 3.63) is 12.3 Å². The molecule has 2 rings (SSSR count). The predicted molar refractivity (Wildman–Crippen MR) is 47.8 cm³/mol. The molecule has 1 aliphatic heterocycles. The Morgan fingerprint density at radius 1 is 1.67 bits per heavy atom. The lowest BCUT2D eigenvalue weighted by Gasteiger charge is -2.10. The molecule has 1 aliphatic rings. The molecule has 1 aromatic rings. The Hall–Kier alpha value is -1.03. The van der Waals surface area contributed by atoms with Crippen LogP contribution in [0.4, 0.5) is 5.82 Å². The Kier molecular flexibility index (Phi) is 1.77. The zero-order valence-corrected chi connectivity index (χ0v) is 7.27. The van der Waals surface area contributed by atoms with E-state index in [2.05, 4.69) is 17.0 Å². The topological polar surface area (TPSA) is 47.1 Å². The lowest BCUT2D eigenvalue weighted by molar-refractivity contribution is 0.382. The van der Waals surface area contributed by atoms with Gasteiger partial charge in [0.2, 0.25) is 0 Å². The highest BCUT2D eigenvalue weighted by atomic mass is 15.3. The van der Waals surface area contributed by atoms with Crippen LogP contribution in [-0.2, 0) is 0 Å². The molecule has 4 nitrogen and oxygen atoms in total. The summed E-state index contributed by atoms with van der Waals surface area (Å²) in [5.41, 5.74) is 5.54. The van der Waals surface area contributed by atoms with E-state index in [1.165, 1.54) is 6.42 Å². The first-order chi connectivity index (χ1) is 5.75. The largest absolute Gasteiger partial charge is 0.382 e. The average Bonchev–Trinajstić information content (AvgIpc) is 2.58. The first-order valence-corrected chi connectivity index (χ1v) is 4.25. The number of hydrogen-bond acceptors (Lipinski definition) is 3. The molecule has 0 saturated carbocycles. The van der Waals surface area contributed by atoms with E-state index in [1.54, 1.807) is 0 Å². The standard InChI is InChI=1S/C8H14N4/c1-11-4-2-7(6-11)12-5-3-8(9)10-12/h3,5,7H,2,4,6H2,1H3,(H2,9,10). The van der Waals surface area contributed by atoms with Crippen molar-refractivity contribution in [3.63, 3.8) is 0 Å². The van der Waals surface area contributed by atoms with Crippen LogP contribution < -0.4 is 5.73 Å². The summed E-state index contributed by atoms with van der Waals surface area (Å²) in [6.45, 7) is 2.24. The second kappa shape index (κ2) is 2.79. The Morgan fingerprint density at radius 3 is 3.00 bits per heavy atom. The molecule has 1 fully saturated rings. The number of nitrogens with zero attached hydrogens (tertiary/aromatic N) is 3. The fourth-order valence-corrected chi connectivity index (χ4v) is 1.68. The van der Waals surface area contributed by atoms with E-state index in [4.69, 9.17) is 5.73 Å². The van der Waals surface area contributed by atoms with Crippen LogP contribution in [0.5, 0.6) is 0 Å². The van der Waals surface area contributed by atoms with Crippen molar-refractivity contribution in [2.24, 2.45) is 0 Å². The zero-order valence-electron chi connectivity index (χ0n) is 7.27. The quantitative estimate of drug-likeness (QED) is 0.654. The minimum absolute atomic E-state index is 0.521. The minimum atomic E-state index is 0.521. The molecule has 12 heavy (non-hydrogen) atoms. The normalized spacial score (nSPS) is 24.9. The Bertz CT molecular complexity index is 268. The van der Waals surface area contributed by atoms with Crippen molar-refractivity contribution in [1.82, 2.24) is 14.7 Å². The molecule has 0 aliphatic carbocycles. The summed E-state index contributed by atoms with van der Waals surface area (Å²) in [5.74, 6) is 0.615. The monoisotopic (exact) mass is 166 g/mol. The van der Waals surface area contributed by atoms with Gasteiger partial charge in [0.25, 0.3) is 0 Å². The lowest BCUT2D eigenvalue weighted by Crippen LogP contribution is -2.16. The van der Waals surface area contributed by atoms with Crippen molar-refractivity contribution in [2.45, 2.75) is 12.5 Å². The molecular formula is C8H14N4. The van der Waals surface area contributed by atoms with Gasteiger partial charge in [-0.05, 0) is 26.1 Å². The fraction of sp³-hybridized carbons (Fsp3) is 0.625. The van der Waals surface area contributed by atoms with Gasteiger partial charge in [-0.15, -0.1) is 0 Å². The van der Waals surface area contributed by atoms with Crippen molar-refractivity contribution in [1.29, 1.82) is 0 Å². The molecule has 0 bridgehead atoms. The van der Waals surface area contributed by atoms with Gasteiger partial charge in [-0.3, -0.25) is 4.68 Å². The molecule has 4 heteroatoms. The molecule has 1 aromatic heterocycles. The van der Waals surface area contributed by atoms with Crippen molar-refractivity contribution in [2.75, 3.05) is 25.9 Å². The third-order valence-electron chi connectivity index (χ3n) is 2.37. The van der Waals surface area contributed by atoms with Crippen LogP contribution in [0, 0.1) is 0 Å². The summed E-state index contributed by atoms with van der Waals surface area (Å²) in [5, 5.41) is 4.19. The maximum absolute atomic E-state index is 5.54. The molecule has 0 aromatic carbocycles. The fourth-order valence-electron chi connectivity index (χ4n) is 1.68. The first-order valence-electron chi connectivity index (χ1n) is 4.25. The molecular weight excluding hydrogens is 152 g/mol. The van der Waals surface area contributed by atoms with Gasteiger partial charge in [-0.2, -0.15) is 5.10 Å². The van der Waals surface area contributed by atoms with Crippen molar-refractivity contribution in [3.8, 4) is 0 Å². The van der Waals surface area contributed by atoms with Gasteiger partial charge < -0.3 is 10.6 Å². The number of nitrogen functional groups attached to an aromatic ring is 1. The van der Waals surface area contributed by atoms with Crippen LogP contribution >= 0.6 is 0 Å². The molecule has 1 saturated heterocycles. The third-order valence-corrected chi connectivity index (χ3v) is 2.37. The smallest absolute Gasteiger partial charge is 0.145 e. The van der Waals surface area contributed by atoms with Crippen LogP contribution in [0.2, 0.25) is 0 Å². The molecule has 0 spiro atoms. The highest BCUT2D eigenvalue weighted by Gasteiger charge is 2.21. The van der Waals surface area contributed by atoms with Gasteiger partial charge in [-0.1, -0.05) is 0 Å². The Morgan fingerprint density at radius 2 is 2.50 bits per heavy atom. The molecule has 66 valence electrons. The van der Waals surface area contributed by atoms with E-state index in [0.717, 1.165) is 13.1 Å². The molecule has 2 N–H and O–H groups in total. The van der Waals surface area contributed by atoms with E-state index in [0.29, 0.717) is 11.9 Å². The van der Waals surface area contributed by atoms with E-state index < -0.39 is 0 Å². The van der Waals surface area contributed by atoms with E-state index in [-0.39, 0.29) is 0 Å². The average molecular weight is 166 g/mol. The number of likely N-dealkylation sites (N-methyl/N-ethyl adjacent to an activating group) is 1. The van der Waals surface area contributed by atoms with E-state index >= 15 is 0 Å². The molecule has 1 atom stereocenters. The molecule has 1 unspecified atom stereocenters. The minimum Gasteiger partial charge on any atom is -0.382 e. The van der Waals surface area contributed by atoms with Gasteiger partial charge >= 0.3 is 0 Å². The van der Waals surface area contributed by atoms with Gasteiger partial charge in [-0.25, -0.2) is 0 Å². The van der Waals surface area contributed by atoms with Crippen LogP contribution in [-0.4, -0.2) is 34.8 Å². The van der Waals surface area contributed by atoms with Gasteiger partial charge in [0.1, 0.15) is 5.82 Å². The second-order valence-electron chi connectivity index (χ2n) is 3.43. The van der Waals surface area contributed by atoms with Gasteiger partial charge in [0.05, 0.1) is 6.04 Å². The maximum atomic E-state index is 5.54. The number of nitrogens with two attached hydrogens (primary N) is 1. The number of likely N-dealkylation sites (tertiary alicyclic amines) is 1. The number of aromatic nitrogens is 2. The summed E-state index contributed by atoms with van der Waals surface area (Å²) in [4.78, 5) is 2.31. The summed E-state index contributed by atoms with van der Waals surface area (Å²) >= 11 is 0. The van der Waals surface area contributed by atoms with Crippen LogP contribution in [0.25, 0.3) is 0 Å². The number of hydrogen-bond donors (Lipinski definition) is 1. The highest BCUT2D eigenvalue weighted by Crippen LogP contribution is 2.19. The van der Waals surface area contributed by atoms with Crippen LogP contribution in [0.15, 0.2) is 12.3 Å². The van der Waals surface area contributed by atoms with Crippen LogP contribution in [0.1, 0.15) is 12.5 Å². The Labute approximate surface area is 72.0 Å². The second-order valence-corrected chi connectivity index (χ2v) is 3.43.